The van der Waals surface area contributed by atoms with E-state index in [1.165, 1.54) is 0 Å². The Morgan fingerprint density at radius 1 is 1.50 bits per heavy atom. The van der Waals surface area contributed by atoms with Crippen LogP contribution in [0.15, 0.2) is 18.2 Å². The van der Waals surface area contributed by atoms with Crippen molar-refractivity contribution in [3.8, 4) is 0 Å². The Morgan fingerprint density at radius 3 is 3.00 bits per heavy atom. The monoisotopic (exact) mass is 248 g/mol. The molecule has 0 bridgehead atoms. The lowest BCUT2D eigenvalue weighted by Gasteiger charge is -2.28. The summed E-state index contributed by atoms with van der Waals surface area (Å²) < 4.78 is 4.64. The highest BCUT2D eigenvalue weighted by Crippen LogP contribution is 2.19. The van der Waals surface area contributed by atoms with Gasteiger partial charge in [0, 0.05) is 12.1 Å². The van der Waals surface area contributed by atoms with Crippen molar-refractivity contribution in [2.24, 2.45) is 5.73 Å². The van der Waals surface area contributed by atoms with E-state index in [1.54, 1.807) is 4.90 Å². The minimum Gasteiger partial charge on any atom is -0.448 e. The van der Waals surface area contributed by atoms with E-state index in [2.05, 4.69) is 4.74 Å². The molecule has 0 spiro atoms. The van der Waals surface area contributed by atoms with Gasteiger partial charge in [0.25, 0.3) is 5.91 Å². The van der Waals surface area contributed by atoms with E-state index in [1.807, 2.05) is 25.1 Å². The van der Waals surface area contributed by atoms with Crippen LogP contribution < -0.4 is 5.73 Å². The SMILES string of the molecule is Cc1ccc2c(c1)CCN(CCOC(N)=O)C2=O. The Kier molecular flexibility index (Phi) is 3.50. The van der Waals surface area contributed by atoms with Crippen LogP contribution in [0.5, 0.6) is 0 Å². The minimum absolute atomic E-state index is 0.00989. The first-order valence-electron chi connectivity index (χ1n) is 5.89. The van der Waals surface area contributed by atoms with Gasteiger partial charge in [-0.2, -0.15) is 0 Å². The molecule has 0 fully saturated rings. The highest BCUT2D eigenvalue weighted by atomic mass is 16.5. The molecule has 1 aliphatic rings. The maximum Gasteiger partial charge on any atom is 0.404 e. The van der Waals surface area contributed by atoms with Crippen LogP contribution in [0.2, 0.25) is 0 Å². The molecule has 0 radical (unpaired) electrons. The molecule has 0 saturated heterocycles. The fourth-order valence-corrected chi connectivity index (χ4v) is 2.14. The fraction of sp³-hybridized carbons (Fsp3) is 0.385. The Bertz CT molecular complexity index is 485. The Hall–Kier alpha value is -2.04. The molecule has 2 amide bonds. The molecule has 2 N–H and O–H groups in total. The normalized spacial score (nSPS) is 14.3. The largest absolute Gasteiger partial charge is 0.448 e. The molecule has 1 heterocycles. The number of hydrogen-bond acceptors (Lipinski definition) is 3. The zero-order valence-electron chi connectivity index (χ0n) is 10.3. The first kappa shape index (κ1) is 12.4. The number of nitrogens with two attached hydrogens (primary N) is 1. The van der Waals surface area contributed by atoms with Crippen LogP contribution >= 0.6 is 0 Å². The van der Waals surface area contributed by atoms with Gasteiger partial charge in [0.1, 0.15) is 6.61 Å². The maximum absolute atomic E-state index is 12.2. The molecule has 2 rings (SSSR count). The third kappa shape index (κ3) is 2.61. The number of aryl methyl sites for hydroxylation is 1. The maximum atomic E-state index is 12.2. The van der Waals surface area contributed by atoms with Crippen molar-refractivity contribution in [1.29, 1.82) is 0 Å². The number of rotatable bonds is 3. The zero-order valence-corrected chi connectivity index (χ0v) is 10.3. The minimum atomic E-state index is -0.810. The zero-order chi connectivity index (χ0) is 13.1. The van der Waals surface area contributed by atoms with Gasteiger partial charge in [-0.15, -0.1) is 0 Å². The molecular formula is C13H16N2O3. The fourth-order valence-electron chi connectivity index (χ4n) is 2.14. The van der Waals surface area contributed by atoms with Gasteiger partial charge in [0.15, 0.2) is 0 Å². The van der Waals surface area contributed by atoms with Crippen molar-refractivity contribution in [2.45, 2.75) is 13.3 Å². The average Bonchev–Trinajstić information content (AvgIpc) is 2.31. The van der Waals surface area contributed by atoms with Crippen molar-refractivity contribution < 1.29 is 14.3 Å². The molecule has 18 heavy (non-hydrogen) atoms. The predicted octanol–water partition coefficient (Wildman–Crippen LogP) is 1.09. The summed E-state index contributed by atoms with van der Waals surface area (Å²) in [5.41, 5.74) is 7.86. The lowest BCUT2D eigenvalue weighted by atomic mass is 9.97. The number of hydrogen-bond donors (Lipinski definition) is 1. The molecular weight excluding hydrogens is 232 g/mol. The summed E-state index contributed by atoms with van der Waals surface area (Å²) >= 11 is 0. The molecule has 0 saturated carbocycles. The van der Waals surface area contributed by atoms with Crippen LogP contribution in [-0.2, 0) is 11.2 Å². The van der Waals surface area contributed by atoms with E-state index in [-0.39, 0.29) is 12.5 Å². The Morgan fingerprint density at radius 2 is 2.28 bits per heavy atom. The standard InChI is InChI=1S/C13H16N2O3/c1-9-2-3-11-10(8-9)4-5-15(12(11)16)6-7-18-13(14)17/h2-3,8H,4-7H2,1H3,(H2,14,17). The van der Waals surface area contributed by atoms with Crippen LogP contribution in [0.25, 0.3) is 0 Å². The molecule has 0 atom stereocenters. The summed E-state index contributed by atoms with van der Waals surface area (Å²) in [5, 5.41) is 0. The number of fused-ring (bicyclic) bond motifs is 1. The first-order valence-corrected chi connectivity index (χ1v) is 5.89. The third-order valence-corrected chi connectivity index (χ3v) is 3.03. The Balaban J connectivity index is 2.04. The van der Waals surface area contributed by atoms with Crippen molar-refractivity contribution >= 4 is 12.0 Å². The Labute approximate surface area is 106 Å². The van der Waals surface area contributed by atoms with Crippen LogP contribution in [0.1, 0.15) is 21.5 Å². The predicted molar refractivity (Wildman–Crippen MR) is 66.3 cm³/mol. The highest BCUT2D eigenvalue weighted by molar-refractivity contribution is 5.96. The summed E-state index contributed by atoms with van der Waals surface area (Å²) in [6, 6.07) is 5.83. The number of carbonyl (C=O) groups is 2. The topological polar surface area (TPSA) is 72.6 Å². The second-order valence-corrected chi connectivity index (χ2v) is 4.37. The number of carbonyl (C=O) groups excluding carboxylic acids is 2. The van der Waals surface area contributed by atoms with Gasteiger partial charge >= 0.3 is 6.09 Å². The van der Waals surface area contributed by atoms with Crippen LogP contribution in [0, 0.1) is 6.92 Å². The van der Waals surface area contributed by atoms with Gasteiger partial charge in [-0.05, 0) is 25.0 Å². The van der Waals surface area contributed by atoms with Crippen LogP contribution in [0.3, 0.4) is 0 Å². The summed E-state index contributed by atoms with van der Waals surface area (Å²) in [4.78, 5) is 24.3. The number of benzene rings is 1. The third-order valence-electron chi connectivity index (χ3n) is 3.03. The molecule has 5 nitrogen and oxygen atoms in total. The van der Waals surface area contributed by atoms with Crippen LogP contribution in [-0.4, -0.2) is 36.6 Å². The number of nitrogens with zero attached hydrogens (tertiary/aromatic N) is 1. The second kappa shape index (κ2) is 5.08. The van der Waals surface area contributed by atoms with Crippen LogP contribution in [0.4, 0.5) is 4.79 Å². The van der Waals surface area contributed by atoms with Gasteiger partial charge < -0.3 is 15.4 Å². The quantitative estimate of drug-likeness (QED) is 0.870. The summed E-state index contributed by atoms with van der Waals surface area (Å²) in [6.45, 7) is 3.19. The lowest BCUT2D eigenvalue weighted by molar-refractivity contribution is 0.0686. The average molecular weight is 248 g/mol. The first-order chi connectivity index (χ1) is 8.58. The van der Waals surface area contributed by atoms with E-state index < -0.39 is 6.09 Å². The lowest BCUT2D eigenvalue weighted by Crippen LogP contribution is -2.40. The van der Waals surface area contributed by atoms with Gasteiger partial charge in [-0.3, -0.25) is 4.79 Å². The molecule has 1 aliphatic heterocycles. The summed E-state index contributed by atoms with van der Waals surface area (Å²) in [5.74, 6) is -0.00989. The number of ether oxygens (including phenoxy) is 1. The summed E-state index contributed by atoms with van der Waals surface area (Å²) in [6.07, 6.45) is 0.0229. The van der Waals surface area contributed by atoms with E-state index in [9.17, 15) is 9.59 Å². The van der Waals surface area contributed by atoms with Crippen molar-refractivity contribution in [2.75, 3.05) is 19.7 Å². The van der Waals surface area contributed by atoms with Gasteiger partial charge in [0.05, 0.1) is 6.54 Å². The number of amides is 2. The van der Waals surface area contributed by atoms with Gasteiger partial charge in [-0.25, -0.2) is 4.79 Å². The smallest absolute Gasteiger partial charge is 0.404 e. The number of primary amides is 1. The van der Waals surface area contributed by atoms with E-state index in [0.717, 1.165) is 23.1 Å². The molecule has 0 aliphatic carbocycles. The molecule has 0 aromatic heterocycles. The van der Waals surface area contributed by atoms with E-state index in [4.69, 9.17) is 5.73 Å². The van der Waals surface area contributed by atoms with E-state index >= 15 is 0 Å². The van der Waals surface area contributed by atoms with E-state index in [0.29, 0.717) is 13.1 Å². The molecule has 5 heteroatoms. The molecule has 0 unspecified atom stereocenters. The van der Waals surface area contributed by atoms with Gasteiger partial charge in [0.2, 0.25) is 0 Å². The van der Waals surface area contributed by atoms with Crippen molar-refractivity contribution in [3.63, 3.8) is 0 Å². The molecule has 1 aromatic carbocycles. The second-order valence-electron chi connectivity index (χ2n) is 4.37. The highest BCUT2D eigenvalue weighted by Gasteiger charge is 2.23. The molecule has 1 aromatic rings. The molecule has 96 valence electrons. The van der Waals surface area contributed by atoms with Gasteiger partial charge in [-0.1, -0.05) is 17.7 Å². The van der Waals surface area contributed by atoms with Crippen molar-refractivity contribution in [1.82, 2.24) is 4.90 Å². The van der Waals surface area contributed by atoms with Crippen molar-refractivity contribution in [3.05, 3.63) is 34.9 Å². The summed E-state index contributed by atoms with van der Waals surface area (Å²) in [7, 11) is 0.